The lowest BCUT2D eigenvalue weighted by Gasteiger charge is -2.29. The summed E-state index contributed by atoms with van der Waals surface area (Å²) in [6.07, 6.45) is -0.156. The van der Waals surface area contributed by atoms with E-state index in [-0.39, 0.29) is 22.2 Å². The third-order valence-electron chi connectivity index (χ3n) is 7.86. The number of nitrogens with zero attached hydrogens (tertiary/aromatic N) is 3. The number of hydrogen-bond donors (Lipinski definition) is 1. The van der Waals surface area contributed by atoms with E-state index in [9.17, 15) is 26.7 Å². The summed E-state index contributed by atoms with van der Waals surface area (Å²) >= 11 is 0. The fourth-order valence-electron chi connectivity index (χ4n) is 5.57. The van der Waals surface area contributed by atoms with E-state index >= 15 is 0 Å². The third-order valence-corrected chi connectivity index (χ3v) is 9.53. The minimum atomic E-state index is -4.56. The van der Waals surface area contributed by atoms with Gasteiger partial charge in [-0.05, 0) is 73.3 Å². The second kappa shape index (κ2) is 11.3. The van der Waals surface area contributed by atoms with E-state index < -0.39 is 21.8 Å². The van der Waals surface area contributed by atoms with Crippen LogP contribution in [0, 0.1) is 6.92 Å². The number of halogens is 3. The quantitative estimate of drug-likeness (QED) is 0.228. The number of pyridine rings is 1. The van der Waals surface area contributed by atoms with Crippen LogP contribution in [0.25, 0.3) is 33.3 Å². The fraction of sp³-hybridized carbons (Fsp3) is 0.242. The van der Waals surface area contributed by atoms with Gasteiger partial charge in [-0.3, -0.25) is 4.90 Å². The maximum atomic E-state index is 13.7. The molecule has 0 amide bonds. The maximum absolute atomic E-state index is 13.7. The molecule has 0 saturated carbocycles. The van der Waals surface area contributed by atoms with Gasteiger partial charge in [0.1, 0.15) is 0 Å². The van der Waals surface area contributed by atoms with Gasteiger partial charge in [-0.2, -0.15) is 13.2 Å². The molecule has 0 spiro atoms. The molecule has 1 aliphatic heterocycles. The molecule has 3 heterocycles. The van der Waals surface area contributed by atoms with E-state index in [4.69, 9.17) is 0 Å². The molecule has 3 aromatic carbocycles. The highest BCUT2D eigenvalue weighted by Crippen LogP contribution is 2.37. The molecule has 0 radical (unpaired) electrons. The topological polar surface area (TPSA) is 75.4 Å². The zero-order chi connectivity index (χ0) is 30.4. The van der Waals surface area contributed by atoms with E-state index in [1.807, 2.05) is 31.2 Å². The molecule has 6 rings (SSSR count). The van der Waals surface area contributed by atoms with Crippen molar-refractivity contribution in [2.45, 2.75) is 43.5 Å². The first-order valence-corrected chi connectivity index (χ1v) is 15.4. The molecule has 0 bridgehead atoms. The molecule has 1 saturated heterocycles. The summed E-state index contributed by atoms with van der Waals surface area (Å²) in [7, 11) is -4.10. The average molecular weight is 606 g/mol. The van der Waals surface area contributed by atoms with Gasteiger partial charge >= 0.3 is 6.18 Å². The number of fused-ring (bicyclic) bond motifs is 1. The molecule has 5 aromatic rings. The monoisotopic (exact) mass is 605 g/mol. The Bertz CT molecular complexity index is 1880. The van der Waals surface area contributed by atoms with Crippen LogP contribution in [-0.4, -0.2) is 46.6 Å². The Kier molecular flexibility index (Phi) is 7.62. The summed E-state index contributed by atoms with van der Waals surface area (Å²) < 4.78 is 69.3. The van der Waals surface area contributed by atoms with Crippen LogP contribution in [0.4, 0.5) is 13.2 Å². The van der Waals surface area contributed by atoms with Crippen molar-refractivity contribution in [1.29, 1.82) is 0 Å². The smallest absolute Gasteiger partial charge is 0.392 e. The Labute approximate surface area is 248 Å². The lowest BCUT2D eigenvalue weighted by atomic mass is 10.00. The molecule has 1 aliphatic rings. The number of β-amino-alcohol motifs (C(OH)–C–C–N with tert-alkyl or cyclic N) is 1. The largest absolute Gasteiger partial charge is 0.416 e. The van der Waals surface area contributed by atoms with Gasteiger partial charge in [-0.1, -0.05) is 54.1 Å². The lowest BCUT2D eigenvalue weighted by Crippen LogP contribution is -2.37. The second-order valence-electron chi connectivity index (χ2n) is 11.1. The molecule has 1 N–H and O–H groups in total. The number of hydrogen-bond acceptors (Lipinski definition) is 5. The molecule has 222 valence electrons. The SMILES string of the molecule is Cc1ccc(S(=O)(=O)n2cc(-c3cccc(C(F)(F)F)c3)c3cc(-c4ccc(CN5CCCC(O)C5)cc4)cnc32)cc1. The summed E-state index contributed by atoms with van der Waals surface area (Å²) in [6, 6.07) is 20.9. The summed E-state index contributed by atoms with van der Waals surface area (Å²) in [4.78, 5) is 6.80. The average Bonchev–Trinajstić information content (AvgIpc) is 3.37. The Hall–Kier alpha value is -3.99. The van der Waals surface area contributed by atoms with Crippen molar-refractivity contribution in [2.24, 2.45) is 0 Å². The molecular formula is C33H30F3N3O3S. The molecule has 1 fully saturated rings. The van der Waals surface area contributed by atoms with Crippen LogP contribution >= 0.6 is 0 Å². The normalized spacial score (nSPS) is 16.5. The van der Waals surface area contributed by atoms with Crippen LogP contribution in [0.3, 0.4) is 0 Å². The first-order chi connectivity index (χ1) is 20.5. The van der Waals surface area contributed by atoms with Crippen molar-refractivity contribution < 1.29 is 26.7 Å². The van der Waals surface area contributed by atoms with Crippen LogP contribution < -0.4 is 0 Å². The van der Waals surface area contributed by atoms with E-state index in [0.717, 1.165) is 52.2 Å². The first kappa shape index (κ1) is 29.1. The number of rotatable bonds is 6. The Morgan fingerprint density at radius 2 is 1.70 bits per heavy atom. The highest BCUT2D eigenvalue weighted by molar-refractivity contribution is 7.90. The van der Waals surface area contributed by atoms with Crippen molar-refractivity contribution in [3.8, 4) is 22.3 Å². The van der Waals surface area contributed by atoms with Crippen molar-refractivity contribution in [2.75, 3.05) is 13.1 Å². The molecule has 0 aliphatic carbocycles. The number of piperidine rings is 1. The predicted octanol–water partition coefficient (Wildman–Crippen LogP) is 6.89. The molecule has 1 atom stereocenters. The van der Waals surface area contributed by atoms with Crippen molar-refractivity contribution in [3.63, 3.8) is 0 Å². The number of aliphatic hydroxyl groups excluding tert-OH is 1. The summed E-state index contributed by atoms with van der Waals surface area (Å²) in [5.41, 5.74) is 3.37. The molecule has 10 heteroatoms. The second-order valence-corrected chi connectivity index (χ2v) is 12.9. The zero-order valence-electron chi connectivity index (χ0n) is 23.4. The minimum absolute atomic E-state index is 0.0493. The van der Waals surface area contributed by atoms with Gasteiger partial charge in [-0.15, -0.1) is 0 Å². The molecular weight excluding hydrogens is 575 g/mol. The van der Waals surface area contributed by atoms with E-state index in [2.05, 4.69) is 9.88 Å². The number of aromatic nitrogens is 2. The number of alkyl halides is 3. The molecule has 2 aromatic heterocycles. The van der Waals surface area contributed by atoms with Crippen LogP contribution in [0.1, 0.15) is 29.5 Å². The Morgan fingerprint density at radius 3 is 2.40 bits per heavy atom. The van der Waals surface area contributed by atoms with Gasteiger partial charge in [0.15, 0.2) is 5.65 Å². The molecule has 43 heavy (non-hydrogen) atoms. The van der Waals surface area contributed by atoms with Gasteiger partial charge in [-0.25, -0.2) is 17.4 Å². The zero-order valence-corrected chi connectivity index (χ0v) is 24.2. The summed E-state index contributed by atoms with van der Waals surface area (Å²) in [5.74, 6) is 0. The highest BCUT2D eigenvalue weighted by Gasteiger charge is 2.31. The van der Waals surface area contributed by atoms with Crippen LogP contribution in [0.15, 0.2) is 96.2 Å². The number of aryl methyl sites for hydroxylation is 1. The Morgan fingerprint density at radius 1 is 0.953 bits per heavy atom. The third kappa shape index (κ3) is 5.95. The van der Waals surface area contributed by atoms with E-state index in [1.165, 1.54) is 30.5 Å². The van der Waals surface area contributed by atoms with Gasteiger partial charge in [0, 0.05) is 42.0 Å². The summed E-state index contributed by atoms with van der Waals surface area (Å²) in [5, 5.41) is 10.4. The number of benzene rings is 3. The number of aliphatic hydroxyl groups is 1. The van der Waals surface area contributed by atoms with E-state index in [0.29, 0.717) is 29.6 Å². The maximum Gasteiger partial charge on any atom is 0.416 e. The minimum Gasteiger partial charge on any atom is -0.392 e. The highest BCUT2D eigenvalue weighted by atomic mass is 32.2. The van der Waals surface area contributed by atoms with Crippen molar-refractivity contribution in [3.05, 3.63) is 108 Å². The van der Waals surface area contributed by atoms with Crippen LogP contribution in [-0.2, 0) is 22.7 Å². The van der Waals surface area contributed by atoms with Gasteiger partial charge in [0.2, 0.25) is 0 Å². The van der Waals surface area contributed by atoms with Crippen molar-refractivity contribution in [1.82, 2.24) is 13.9 Å². The molecule has 1 unspecified atom stereocenters. The van der Waals surface area contributed by atoms with E-state index in [1.54, 1.807) is 24.4 Å². The van der Waals surface area contributed by atoms with Gasteiger partial charge in [0.25, 0.3) is 10.0 Å². The summed E-state index contributed by atoms with van der Waals surface area (Å²) in [6.45, 7) is 4.14. The van der Waals surface area contributed by atoms with Gasteiger partial charge in [0.05, 0.1) is 16.6 Å². The predicted molar refractivity (Wildman–Crippen MR) is 160 cm³/mol. The lowest BCUT2D eigenvalue weighted by molar-refractivity contribution is -0.137. The first-order valence-electron chi connectivity index (χ1n) is 14.0. The fourth-order valence-corrected chi connectivity index (χ4v) is 6.90. The van der Waals surface area contributed by atoms with Gasteiger partial charge < -0.3 is 5.11 Å². The molecule has 6 nitrogen and oxygen atoms in total. The Balaban J connectivity index is 1.43. The number of likely N-dealkylation sites (tertiary alicyclic amines) is 1. The standard InChI is InChI=1S/C33H30F3N3O3S/c1-22-7-13-29(14-8-22)43(41,42)39-21-31(25-4-2-5-27(16-25)33(34,35)36)30-17-26(18-37-32(30)39)24-11-9-23(10-12-24)19-38-15-3-6-28(40)20-38/h2,4-5,7-14,16-18,21,28,40H,3,6,15,19-20H2,1H3. The van der Waals surface area contributed by atoms with Crippen LogP contribution in [0.2, 0.25) is 0 Å². The van der Waals surface area contributed by atoms with Crippen LogP contribution in [0.5, 0.6) is 0 Å². The van der Waals surface area contributed by atoms with Crippen molar-refractivity contribution >= 4 is 21.1 Å².